The van der Waals surface area contributed by atoms with Crippen molar-refractivity contribution in [3.05, 3.63) is 0 Å². The van der Waals surface area contributed by atoms with Crippen molar-refractivity contribution >= 4 is 5.91 Å². The van der Waals surface area contributed by atoms with Gasteiger partial charge in [-0.1, -0.05) is 6.42 Å². The SMILES string of the molecule is O=C(C1CC2CCC1C2)N1CC[C@H](O)C1. The summed E-state index contributed by atoms with van der Waals surface area (Å²) in [6, 6.07) is 0. The summed E-state index contributed by atoms with van der Waals surface area (Å²) < 4.78 is 0. The summed E-state index contributed by atoms with van der Waals surface area (Å²) in [6.45, 7) is 1.35. The Kier molecular flexibility index (Phi) is 2.23. The highest BCUT2D eigenvalue weighted by atomic mass is 16.3. The van der Waals surface area contributed by atoms with Crippen LogP contribution in [0.3, 0.4) is 0 Å². The molecule has 3 fully saturated rings. The van der Waals surface area contributed by atoms with Gasteiger partial charge in [-0.2, -0.15) is 0 Å². The van der Waals surface area contributed by atoms with Crippen LogP contribution in [0.1, 0.15) is 32.1 Å². The minimum Gasteiger partial charge on any atom is -0.391 e. The average molecular weight is 209 g/mol. The van der Waals surface area contributed by atoms with Crippen LogP contribution in [0.5, 0.6) is 0 Å². The zero-order chi connectivity index (χ0) is 10.4. The summed E-state index contributed by atoms with van der Waals surface area (Å²) in [4.78, 5) is 14.1. The minimum atomic E-state index is -0.271. The van der Waals surface area contributed by atoms with Crippen LogP contribution < -0.4 is 0 Å². The Morgan fingerprint density at radius 2 is 2.07 bits per heavy atom. The quantitative estimate of drug-likeness (QED) is 0.700. The van der Waals surface area contributed by atoms with Crippen LogP contribution in [0, 0.1) is 17.8 Å². The van der Waals surface area contributed by atoms with Crippen LogP contribution in [-0.2, 0) is 4.79 Å². The first-order chi connectivity index (χ1) is 7.24. The molecule has 3 rings (SSSR count). The molecule has 1 saturated heterocycles. The molecule has 4 atom stereocenters. The average Bonchev–Trinajstić information content (AvgIpc) is 2.90. The van der Waals surface area contributed by atoms with Crippen molar-refractivity contribution < 1.29 is 9.90 Å². The molecule has 0 aromatic heterocycles. The molecule has 1 amide bonds. The van der Waals surface area contributed by atoms with Gasteiger partial charge in [0.2, 0.25) is 5.91 Å². The van der Waals surface area contributed by atoms with Crippen LogP contribution in [0.15, 0.2) is 0 Å². The molecule has 0 aromatic rings. The van der Waals surface area contributed by atoms with Gasteiger partial charge >= 0.3 is 0 Å². The van der Waals surface area contributed by atoms with E-state index in [0.717, 1.165) is 25.3 Å². The van der Waals surface area contributed by atoms with Gasteiger partial charge in [-0.25, -0.2) is 0 Å². The molecule has 3 heteroatoms. The zero-order valence-electron chi connectivity index (χ0n) is 9.06. The number of fused-ring (bicyclic) bond motifs is 2. The largest absolute Gasteiger partial charge is 0.391 e. The number of β-amino-alcohol motifs (C(OH)–C–C–N with tert-alkyl or cyclic N) is 1. The van der Waals surface area contributed by atoms with E-state index in [1.54, 1.807) is 0 Å². The van der Waals surface area contributed by atoms with Crippen molar-refractivity contribution in [2.45, 2.75) is 38.2 Å². The fourth-order valence-corrected chi connectivity index (χ4v) is 3.72. The summed E-state index contributed by atoms with van der Waals surface area (Å²) in [6.07, 6.45) is 5.51. The molecule has 3 nitrogen and oxygen atoms in total. The van der Waals surface area contributed by atoms with Gasteiger partial charge in [0.05, 0.1) is 6.10 Å². The number of hydrogen-bond acceptors (Lipinski definition) is 2. The van der Waals surface area contributed by atoms with Gasteiger partial charge in [0, 0.05) is 19.0 Å². The predicted octanol–water partition coefficient (Wildman–Crippen LogP) is 1.02. The first kappa shape index (κ1) is 9.64. The second-order valence-electron chi connectivity index (χ2n) is 5.51. The molecule has 0 radical (unpaired) electrons. The molecule has 3 unspecified atom stereocenters. The number of amides is 1. The van der Waals surface area contributed by atoms with Gasteiger partial charge in [0.1, 0.15) is 0 Å². The monoisotopic (exact) mass is 209 g/mol. The van der Waals surface area contributed by atoms with Crippen LogP contribution in [0.4, 0.5) is 0 Å². The van der Waals surface area contributed by atoms with Crippen LogP contribution in [0.25, 0.3) is 0 Å². The maximum Gasteiger partial charge on any atom is 0.226 e. The molecule has 1 heterocycles. The molecule has 2 bridgehead atoms. The van der Waals surface area contributed by atoms with E-state index < -0.39 is 0 Å². The highest BCUT2D eigenvalue weighted by Crippen LogP contribution is 2.49. The smallest absolute Gasteiger partial charge is 0.226 e. The van der Waals surface area contributed by atoms with E-state index in [9.17, 15) is 9.90 Å². The van der Waals surface area contributed by atoms with Crippen molar-refractivity contribution in [2.24, 2.45) is 17.8 Å². The number of likely N-dealkylation sites (tertiary alicyclic amines) is 1. The Labute approximate surface area is 90.5 Å². The molecule has 0 spiro atoms. The molecule has 1 aliphatic heterocycles. The summed E-state index contributed by atoms with van der Waals surface area (Å²) >= 11 is 0. The molecular formula is C12H19NO2. The fraction of sp³-hybridized carbons (Fsp3) is 0.917. The van der Waals surface area contributed by atoms with E-state index >= 15 is 0 Å². The maximum atomic E-state index is 12.2. The first-order valence-electron chi connectivity index (χ1n) is 6.21. The van der Waals surface area contributed by atoms with Gasteiger partial charge in [-0.3, -0.25) is 4.79 Å². The van der Waals surface area contributed by atoms with E-state index in [1.165, 1.54) is 19.3 Å². The molecule has 1 N–H and O–H groups in total. The van der Waals surface area contributed by atoms with Gasteiger partial charge < -0.3 is 10.0 Å². The summed E-state index contributed by atoms with van der Waals surface area (Å²) in [5.74, 6) is 2.13. The van der Waals surface area contributed by atoms with E-state index in [1.807, 2.05) is 4.90 Å². The number of nitrogens with zero attached hydrogens (tertiary/aromatic N) is 1. The van der Waals surface area contributed by atoms with Crippen molar-refractivity contribution in [1.82, 2.24) is 4.90 Å². The number of aliphatic hydroxyl groups is 1. The standard InChI is InChI=1S/C12H19NO2/c14-10-3-4-13(7-10)12(15)11-6-8-1-2-9(11)5-8/h8-11,14H,1-7H2/t8?,9?,10-,11?/m0/s1. The van der Waals surface area contributed by atoms with Crippen LogP contribution in [0.2, 0.25) is 0 Å². The van der Waals surface area contributed by atoms with Crippen LogP contribution in [-0.4, -0.2) is 35.1 Å². The lowest BCUT2D eigenvalue weighted by Crippen LogP contribution is -2.37. The Morgan fingerprint density at radius 3 is 2.60 bits per heavy atom. The highest BCUT2D eigenvalue weighted by molar-refractivity contribution is 5.80. The summed E-state index contributed by atoms with van der Waals surface area (Å²) in [5, 5.41) is 9.43. The maximum absolute atomic E-state index is 12.2. The second-order valence-corrected chi connectivity index (χ2v) is 5.51. The van der Waals surface area contributed by atoms with E-state index in [0.29, 0.717) is 24.3 Å². The van der Waals surface area contributed by atoms with Gasteiger partial charge in [0.25, 0.3) is 0 Å². The Bertz CT molecular complexity index is 279. The van der Waals surface area contributed by atoms with E-state index in [4.69, 9.17) is 0 Å². The summed E-state index contributed by atoms with van der Waals surface area (Å²) in [7, 11) is 0. The summed E-state index contributed by atoms with van der Waals surface area (Å²) in [5.41, 5.74) is 0. The van der Waals surface area contributed by atoms with Crippen molar-refractivity contribution in [3.8, 4) is 0 Å². The molecule has 0 aromatic carbocycles. The number of carbonyl (C=O) groups excluding carboxylic acids is 1. The van der Waals surface area contributed by atoms with Gasteiger partial charge in [-0.15, -0.1) is 0 Å². The highest BCUT2D eigenvalue weighted by Gasteiger charge is 2.45. The second kappa shape index (κ2) is 3.48. The predicted molar refractivity (Wildman–Crippen MR) is 56.1 cm³/mol. The molecule has 84 valence electrons. The van der Waals surface area contributed by atoms with Crippen molar-refractivity contribution in [1.29, 1.82) is 0 Å². The third kappa shape index (κ3) is 1.57. The molecule has 15 heavy (non-hydrogen) atoms. The molecule has 2 saturated carbocycles. The first-order valence-corrected chi connectivity index (χ1v) is 6.21. The van der Waals surface area contributed by atoms with E-state index in [2.05, 4.69) is 0 Å². The molecule has 3 aliphatic rings. The lowest BCUT2D eigenvalue weighted by atomic mass is 9.88. The molecular weight excluding hydrogens is 190 g/mol. The lowest BCUT2D eigenvalue weighted by molar-refractivity contribution is -0.136. The van der Waals surface area contributed by atoms with E-state index in [-0.39, 0.29) is 6.10 Å². The van der Waals surface area contributed by atoms with Gasteiger partial charge in [0.15, 0.2) is 0 Å². The Balaban J connectivity index is 1.65. The topological polar surface area (TPSA) is 40.5 Å². The third-order valence-corrected chi connectivity index (χ3v) is 4.53. The number of hydrogen-bond donors (Lipinski definition) is 1. The third-order valence-electron chi connectivity index (χ3n) is 4.53. The fourth-order valence-electron chi connectivity index (χ4n) is 3.72. The Hall–Kier alpha value is -0.570. The number of aliphatic hydroxyl groups excluding tert-OH is 1. The number of carbonyl (C=O) groups is 1. The normalized spacial score (nSPS) is 43.9. The lowest BCUT2D eigenvalue weighted by Gasteiger charge is -2.26. The van der Waals surface area contributed by atoms with Crippen LogP contribution >= 0.6 is 0 Å². The minimum absolute atomic E-state index is 0.271. The molecule has 2 aliphatic carbocycles. The number of rotatable bonds is 1. The van der Waals surface area contributed by atoms with Crippen molar-refractivity contribution in [2.75, 3.05) is 13.1 Å². The Morgan fingerprint density at radius 1 is 1.20 bits per heavy atom. The van der Waals surface area contributed by atoms with Crippen molar-refractivity contribution in [3.63, 3.8) is 0 Å². The zero-order valence-corrected chi connectivity index (χ0v) is 9.06. The van der Waals surface area contributed by atoms with Gasteiger partial charge in [-0.05, 0) is 37.5 Å².